The van der Waals surface area contributed by atoms with Crippen LogP contribution < -0.4 is 5.32 Å². The predicted molar refractivity (Wildman–Crippen MR) is 67.2 cm³/mol. The van der Waals surface area contributed by atoms with E-state index in [0.717, 1.165) is 25.8 Å². The molecule has 0 radical (unpaired) electrons. The molecule has 0 aliphatic heterocycles. The Morgan fingerprint density at radius 3 is 2.53 bits per heavy atom. The summed E-state index contributed by atoms with van der Waals surface area (Å²) in [5.74, 6) is 0. The second-order valence-electron chi connectivity index (χ2n) is 4.20. The van der Waals surface area contributed by atoms with Gasteiger partial charge in [-0.25, -0.2) is 0 Å². The Balaban J connectivity index is 4.27. The summed E-state index contributed by atoms with van der Waals surface area (Å²) < 4.78 is 5.64. The topological polar surface area (TPSA) is 21.3 Å². The van der Waals surface area contributed by atoms with Gasteiger partial charge in [0.25, 0.3) is 0 Å². The third-order valence-corrected chi connectivity index (χ3v) is 3.26. The summed E-state index contributed by atoms with van der Waals surface area (Å²) in [6.45, 7) is 11.3. The van der Waals surface area contributed by atoms with Crippen molar-refractivity contribution in [1.29, 1.82) is 0 Å². The zero-order valence-electron chi connectivity index (χ0n) is 10.8. The lowest BCUT2D eigenvalue weighted by atomic mass is 9.89. The van der Waals surface area contributed by atoms with Gasteiger partial charge in [-0.2, -0.15) is 0 Å². The molecule has 0 fully saturated rings. The van der Waals surface area contributed by atoms with Crippen molar-refractivity contribution in [3.05, 3.63) is 12.7 Å². The predicted octanol–water partition coefficient (Wildman–Crippen LogP) is 3.14. The van der Waals surface area contributed by atoms with Crippen LogP contribution in [0.2, 0.25) is 0 Å². The van der Waals surface area contributed by atoms with Crippen LogP contribution >= 0.6 is 0 Å². The van der Waals surface area contributed by atoms with E-state index in [4.69, 9.17) is 4.74 Å². The molecule has 0 aromatic rings. The first kappa shape index (κ1) is 14.7. The Bertz CT molecular complexity index is 164. The van der Waals surface area contributed by atoms with Gasteiger partial charge in [-0.15, -0.1) is 6.58 Å². The minimum atomic E-state index is -0.0445. The minimum absolute atomic E-state index is 0.0445. The lowest BCUT2D eigenvalue weighted by Gasteiger charge is -2.36. The van der Waals surface area contributed by atoms with Gasteiger partial charge in [0.2, 0.25) is 0 Å². The molecule has 0 rings (SSSR count). The first-order chi connectivity index (χ1) is 7.14. The van der Waals surface area contributed by atoms with E-state index in [1.54, 1.807) is 7.11 Å². The molecule has 0 saturated carbocycles. The van der Waals surface area contributed by atoms with Crippen molar-refractivity contribution in [2.45, 2.75) is 58.1 Å². The fourth-order valence-corrected chi connectivity index (χ4v) is 1.87. The summed E-state index contributed by atoms with van der Waals surface area (Å²) in [7, 11) is 1.81. The van der Waals surface area contributed by atoms with Gasteiger partial charge >= 0.3 is 0 Å². The van der Waals surface area contributed by atoms with Gasteiger partial charge in [0, 0.05) is 13.2 Å². The normalized spacial score (nSPS) is 17.1. The quantitative estimate of drug-likeness (QED) is 0.469. The first-order valence-electron chi connectivity index (χ1n) is 6.04. The number of nitrogens with one attached hydrogen (secondary N) is 1. The summed E-state index contributed by atoms with van der Waals surface area (Å²) >= 11 is 0. The highest BCUT2D eigenvalue weighted by atomic mass is 16.5. The maximum atomic E-state index is 5.64. The van der Waals surface area contributed by atoms with Gasteiger partial charge in [0.05, 0.1) is 5.60 Å². The van der Waals surface area contributed by atoms with Crippen LogP contribution in [0.25, 0.3) is 0 Å². The van der Waals surface area contributed by atoms with Crippen LogP contribution in [-0.4, -0.2) is 25.3 Å². The van der Waals surface area contributed by atoms with Gasteiger partial charge in [-0.05, 0) is 39.2 Å². The summed E-state index contributed by atoms with van der Waals surface area (Å²) in [5.41, 5.74) is -0.0445. The summed E-state index contributed by atoms with van der Waals surface area (Å²) in [6, 6.07) is 0.442. The SMILES string of the molecule is C=CCCCC(NCC)C(C)(CC)OC. The van der Waals surface area contributed by atoms with Gasteiger partial charge in [0.15, 0.2) is 0 Å². The summed E-state index contributed by atoms with van der Waals surface area (Å²) in [5, 5.41) is 3.52. The average molecular weight is 213 g/mol. The Morgan fingerprint density at radius 1 is 1.47 bits per heavy atom. The van der Waals surface area contributed by atoms with Crippen molar-refractivity contribution in [1.82, 2.24) is 5.32 Å². The molecule has 0 bridgehead atoms. The number of ether oxygens (including phenoxy) is 1. The van der Waals surface area contributed by atoms with Crippen molar-refractivity contribution >= 4 is 0 Å². The third kappa shape index (κ3) is 4.80. The molecule has 0 saturated heterocycles. The maximum absolute atomic E-state index is 5.64. The van der Waals surface area contributed by atoms with Crippen molar-refractivity contribution in [2.24, 2.45) is 0 Å². The standard InChI is InChI=1S/C13H27NO/c1-6-9-10-11-12(14-8-3)13(4,7-2)15-5/h6,12,14H,1,7-11H2,2-5H3. The Labute approximate surface area is 95.1 Å². The zero-order chi connectivity index (χ0) is 11.7. The highest BCUT2D eigenvalue weighted by Crippen LogP contribution is 2.23. The minimum Gasteiger partial charge on any atom is -0.377 e. The number of hydrogen-bond donors (Lipinski definition) is 1. The number of methoxy groups -OCH3 is 1. The largest absolute Gasteiger partial charge is 0.377 e. The summed E-state index contributed by atoms with van der Waals surface area (Å²) in [6.07, 6.45) is 6.44. The van der Waals surface area contributed by atoms with E-state index in [9.17, 15) is 0 Å². The molecule has 2 heteroatoms. The number of allylic oxidation sites excluding steroid dienone is 1. The molecule has 2 nitrogen and oxygen atoms in total. The molecule has 0 aromatic carbocycles. The second-order valence-corrected chi connectivity index (χ2v) is 4.20. The monoisotopic (exact) mass is 213 g/mol. The summed E-state index contributed by atoms with van der Waals surface area (Å²) in [4.78, 5) is 0. The fraction of sp³-hybridized carbons (Fsp3) is 0.846. The molecule has 2 unspecified atom stereocenters. The number of unbranched alkanes of at least 4 members (excludes halogenated alkanes) is 1. The van der Waals surface area contributed by atoms with Gasteiger partial charge in [-0.3, -0.25) is 0 Å². The molecule has 0 aliphatic carbocycles. The van der Waals surface area contributed by atoms with Crippen molar-refractivity contribution < 1.29 is 4.74 Å². The molecule has 0 spiro atoms. The second kappa shape index (κ2) is 7.89. The third-order valence-electron chi connectivity index (χ3n) is 3.26. The molecule has 0 amide bonds. The molecule has 15 heavy (non-hydrogen) atoms. The first-order valence-corrected chi connectivity index (χ1v) is 6.04. The van der Waals surface area contributed by atoms with Crippen LogP contribution in [0.1, 0.15) is 46.5 Å². The van der Waals surface area contributed by atoms with Gasteiger partial charge in [-0.1, -0.05) is 19.9 Å². The van der Waals surface area contributed by atoms with Crippen LogP contribution in [0.4, 0.5) is 0 Å². The molecule has 2 atom stereocenters. The van der Waals surface area contributed by atoms with E-state index in [1.165, 1.54) is 6.42 Å². The van der Waals surface area contributed by atoms with Crippen LogP contribution in [0.3, 0.4) is 0 Å². The Kier molecular flexibility index (Phi) is 7.71. The van der Waals surface area contributed by atoms with Crippen molar-refractivity contribution in [3.8, 4) is 0 Å². The van der Waals surface area contributed by atoms with E-state index >= 15 is 0 Å². The molecule has 1 N–H and O–H groups in total. The smallest absolute Gasteiger partial charge is 0.0800 e. The highest BCUT2D eigenvalue weighted by Gasteiger charge is 2.31. The molecule has 90 valence electrons. The number of likely N-dealkylation sites (N-methyl/N-ethyl adjacent to an activating group) is 1. The average Bonchev–Trinajstić information content (AvgIpc) is 2.27. The van der Waals surface area contributed by atoms with E-state index in [1.807, 2.05) is 6.08 Å². The van der Waals surface area contributed by atoms with E-state index in [0.29, 0.717) is 6.04 Å². The van der Waals surface area contributed by atoms with Crippen LogP contribution in [0.15, 0.2) is 12.7 Å². The van der Waals surface area contributed by atoms with Gasteiger partial charge < -0.3 is 10.1 Å². The number of rotatable bonds is 9. The molecular weight excluding hydrogens is 186 g/mol. The van der Waals surface area contributed by atoms with Gasteiger partial charge in [0.1, 0.15) is 0 Å². The van der Waals surface area contributed by atoms with E-state index in [-0.39, 0.29) is 5.60 Å². The molecular formula is C13H27NO. The molecule has 0 aliphatic rings. The number of hydrogen-bond acceptors (Lipinski definition) is 2. The Hall–Kier alpha value is -0.340. The highest BCUT2D eigenvalue weighted by molar-refractivity contribution is 4.88. The fourth-order valence-electron chi connectivity index (χ4n) is 1.87. The maximum Gasteiger partial charge on any atom is 0.0800 e. The van der Waals surface area contributed by atoms with Crippen LogP contribution in [-0.2, 0) is 4.74 Å². The molecule has 0 aromatic heterocycles. The van der Waals surface area contributed by atoms with Crippen molar-refractivity contribution in [2.75, 3.05) is 13.7 Å². The Morgan fingerprint density at radius 2 is 2.13 bits per heavy atom. The van der Waals surface area contributed by atoms with E-state index < -0.39 is 0 Å². The van der Waals surface area contributed by atoms with Crippen LogP contribution in [0.5, 0.6) is 0 Å². The molecule has 0 heterocycles. The van der Waals surface area contributed by atoms with Crippen LogP contribution in [0, 0.1) is 0 Å². The lowest BCUT2D eigenvalue weighted by molar-refractivity contribution is -0.0310. The van der Waals surface area contributed by atoms with Crippen molar-refractivity contribution in [3.63, 3.8) is 0 Å². The lowest BCUT2D eigenvalue weighted by Crippen LogP contribution is -2.49. The zero-order valence-corrected chi connectivity index (χ0v) is 10.8. The van der Waals surface area contributed by atoms with E-state index in [2.05, 4.69) is 32.7 Å².